The molecule has 0 bridgehead atoms. The van der Waals surface area contributed by atoms with Crippen LogP contribution in [0, 0.1) is 5.92 Å². The molecule has 0 rings (SSSR count). The number of unbranched alkanes of at least 4 members (excludes halogenated alkanes) is 3. The average molecular weight is 417 g/mol. The van der Waals surface area contributed by atoms with Gasteiger partial charge in [-0.25, -0.2) is 0 Å². The molecule has 0 heterocycles. The fourth-order valence-corrected chi connectivity index (χ4v) is 19.7. The molecule has 2 atom stereocenters. The molecule has 0 aliphatic rings. The number of rotatable bonds is 13. The third-order valence-electron chi connectivity index (χ3n) is 5.40. The summed E-state index contributed by atoms with van der Waals surface area (Å²) in [5.74, 6) is 0.325. The van der Waals surface area contributed by atoms with Gasteiger partial charge < -0.3 is 0 Å². The van der Waals surface area contributed by atoms with E-state index in [-0.39, 0.29) is 6.10 Å². The van der Waals surface area contributed by atoms with Crippen molar-refractivity contribution in [3.8, 4) is 0 Å². The van der Waals surface area contributed by atoms with E-state index in [0.29, 0.717) is 5.92 Å². The Bertz CT molecular complexity index is 276. The van der Waals surface area contributed by atoms with Crippen molar-refractivity contribution in [2.75, 3.05) is 0 Å². The molecule has 2 heteroatoms. The predicted molar refractivity (Wildman–Crippen MR) is 104 cm³/mol. The van der Waals surface area contributed by atoms with Crippen LogP contribution in [0.4, 0.5) is 0 Å². The zero-order chi connectivity index (χ0) is 17.0. The molecule has 0 aromatic carbocycles. The van der Waals surface area contributed by atoms with Crippen LogP contribution < -0.4 is 0 Å². The van der Waals surface area contributed by atoms with E-state index in [4.69, 9.17) is 0 Å². The molecule has 0 radical (unpaired) electrons. The summed E-state index contributed by atoms with van der Waals surface area (Å²) in [6, 6.07) is 0. The van der Waals surface area contributed by atoms with Crippen LogP contribution in [0.3, 0.4) is 0 Å². The molecule has 1 nitrogen and oxygen atoms in total. The number of allylic oxidation sites excluding steroid dienone is 1. The summed E-state index contributed by atoms with van der Waals surface area (Å²) in [5, 5.41) is 10.1. The first kappa shape index (κ1) is 22.5. The van der Waals surface area contributed by atoms with Crippen LogP contribution in [0.15, 0.2) is 9.67 Å². The van der Waals surface area contributed by atoms with Crippen molar-refractivity contribution >= 4 is 18.4 Å². The van der Waals surface area contributed by atoms with Gasteiger partial charge in [0, 0.05) is 0 Å². The van der Waals surface area contributed by atoms with Crippen LogP contribution in [0.1, 0.15) is 86.5 Å². The molecule has 0 saturated heterocycles. The molecular formula is C20H42OSn. The number of hydrogen-bond acceptors (Lipinski definition) is 1. The summed E-state index contributed by atoms with van der Waals surface area (Å²) in [6.45, 7) is 13.7. The predicted octanol–water partition coefficient (Wildman–Crippen LogP) is 6.73. The van der Waals surface area contributed by atoms with Crippen LogP contribution in [-0.4, -0.2) is 29.6 Å². The van der Waals surface area contributed by atoms with Gasteiger partial charge in [0.25, 0.3) is 0 Å². The number of aliphatic hydroxyl groups excluding tert-OH is 1. The summed E-state index contributed by atoms with van der Waals surface area (Å²) in [5.41, 5.74) is 0. The standard InChI is InChI=1S/C8H15O.3C4H9.Sn/c1-4-6-7(3)8(9)5-2;3*1-3-4-2;/h6-9H,5H2,1-3H3;3*1,3-4H2,2H3;/t7-,8+;;;;/m0..../s1. The maximum atomic E-state index is 10.1. The van der Waals surface area contributed by atoms with Crippen LogP contribution >= 0.6 is 0 Å². The van der Waals surface area contributed by atoms with Crippen molar-refractivity contribution in [1.29, 1.82) is 0 Å². The van der Waals surface area contributed by atoms with Crippen LogP contribution in [0.25, 0.3) is 0 Å². The van der Waals surface area contributed by atoms with Gasteiger partial charge in [0.15, 0.2) is 0 Å². The van der Waals surface area contributed by atoms with Crippen LogP contribution in [0.5, 0.6) is 0 Å². The quantitative estimate of drug-likeness (QED) is 0.330. The van der Waals surface area contributed by atoms with Crippen LogP contribution in [0.2, 0.25) is 13.3 Å². The van der Waals surface area contributed by atoms with Crippen molar-refractivity contribution in [3.05, 3.63) is 9.67 Å². The van der Waals surface area contributed by atoms with Crippen molar-refractivity contribution in [3.63, 3.8) is 0 Å². The number of hydrogen-bond donors (Lipinski definition) is 1. The van der Waals surface area contributed by atoms with Gasteiger partial charge in [-0.15, -0.1) is 0 Å². The van der Waals surface area contributed by atoms with E-state index in [1.54, 1.807) is 3.59 Å². The van der Waals surface area contributed by atoms with E-state index in [0.717, 1.165) is 6.42 Å². The molecular weight excluding hydrogens is 375 g/mol. The summed E-state index contributed by atoms with van der Waals surface area (Å²) < 4.78 is 6.34. The molecule has 22 heavy (non-hydrogen) atoms. The third-order valence-corrected chi connectivity index (χ3v) is 21.9. The molecule has 0 aromatic rings. The van der Waals surface area contributed by atoms with E-state index < -0.39 is 18.4 Å². The summed E-state index contributed by atoms with van der Waals surface area (Å²) in [6.07, 6.45) is 11.4. The Morgan fingerprint density at radius 2 is 1.32 bits per heavy atom. The monoisotopic (exact) mass is 418 g/mol. The van der Waals surface area contributed by atoms with Gasteiger partial charge in [-0.05, 0) is 0 Å². The Morgan fingerprint density at radius 3 is 1.64 bits per heavy atom. The molecule has 132 valence electrons. The second-order valence-electron chi connectivity index (χ2n) is 7.28. The van der Waals surface area contributed by atoms with Gasteiger partial charge >= 0.3 is 145 Å². The van der Waals surface area contributed by atoms with Gasteiger partial charge in [0.1, 0.15) is 0 Å². The van der Waals surface area contributed by atoms with E-state index in [1.165, 1.54) is 51.8 Å². The molecule has 0 fully saturated rings. The normalized spacial score (nSPS) is 15.9. The molecule has 0 aliphatic carbocycles. The van der Waals surface area contributed by atoms with Gasteiger partial charge in [-0.3, -0.25) is 0 Å². The van der Waals surface area contributed by atoms with Crippen molar-refractivity contribution in [2.24, 2.45) is 5.92 Å². The first-order chi connectivity index (χ1) is 10.5. The molecule has 0 aromatic heterocycles. The first-order valence-electron chi connectivity index (χ1n) is 9.84. The van der Waals surface area contributed by atoms with Gasteiger partial charge in [-0.2, -0.15) is 0 Å². The molecule has 0 spiro atoms. The molecule has 1 N–H and O–H groups in total. The Kier molecular flexibility index (Phi) is 13.2. The second-order valence-corrected chi connectivity index (χ2v) is 21.1. The molecule has 0 aliphatic heterocycles. The third kappa shape index (κ3) is 7.86. The topological polar surface area (TPSA) is 20.2 Å². The van der Waals surface area contributed by atoms with E-state index in [9.17, 15) is 5.11 Å². The van der Waals surface area contributed by atoms with Gasteiger partial charge in [0.05, 0.1) is 0 Å². The van der Waals surface area contributed by atoms with E-state index in [1.807, 2.05) is 0 Å². The Hall–Kier alpha value is 0.499. The minimum atomic E-state index is -2.21. The van der Waals surface area contributed by atoms with Crippen molar-refractivity contribution in [2.45, 2.75) is 106 Å². The SMILES string of the molecule is CCC[CH2][Sn]([CH2]CCC)([CH2]CCC)/[C](C)=C/[C@H](C)[C@H](O)CC. The molecule has 0 amide bonds. The van der Waals surface area contributed by atoms with Gasteiger partial charge in [0.2, 0.25) is 0 Å². The maximum absolute atomic E-state index is 10.1. The van der Waals surface area contributed by atoms with E-state index >= 15 is 0 Å². The second kappa shape index (κ2) is 12.9. The zero-order valence-corrected chi connectivity index (χ0v) is 19.1. The van der Waals surface area contributed by atoms with Crippen molar-refractivity contribution in [1.82, 2.24) is 0 Å². The Balaban J connectivity index is 5.30. The first-order valence-corrected chi connectivity index (χ1v) is 17.3. The summed E-state index contributed by atoms with van der Waals surface area (Å²) in [4.78, 5) is 0. The fourth-order valence-electron chi connectivity index (χ4n) is 3.57. The fraction of sp³-hybridized carbons (Fsp3) is 0.900. The molecule has 0 saturated carbocycles. The van der Waals surface area contributed by atoms with E-state index in [2.05, 4.69) is 47.6 Å². The van der Waals surface area contributed by atoms with Crippen LogP contribution in [-0.2, 0) is 0 Å². The summed E-state index contributed by atoms with van der Waals surface area (Å²) >= 11 is -2.21. The average Bonchev–Trinajstić information content (AvgIpc) is 2.53. The van der Waals surface area contributed by atoms with Crippen molar-refractivity contribution < 1.29 is 5.11 Å². The number of aliphatic hydroxyl groups is 1. The minimum absolute atomic E-state index is 0.164. The molecule has 0 unspecified atom stereocenters. The zero-order valence-electron chi connectivity index (χ0n) is 16.3. The Morgan fingerprint density at radius 1 is 0.909 bits per heavy atom. The summed E-state index contributed by atoms with van der Waals surface area (Å²) in [7, 11) is 0. The Labute approximate surface area is 144 Å². The van der Waals surface area contributed by atoms with Gasteiger partial charge in [-0.1, -0.05) is 0 Å².